The number of rotatable bonds is 10. The third-order valence-corrected chi connectivity index (χ3v) is 7.94. The Morgan fingerprint density at radius 1 is 0.973 bits per heavy atom. The van der Waals surface area contributed by atoms with E-state index in [-0.39, 0.29) is 12.4 Å². The number of nitrogens with zero attached hydrogens (tertiary/aromatic N) is 6. The zero-order chi connectivity index (χ0) is 26.6. The van der Waals surface area contributed by atoms with Gasteiger partial charge in [0, 0.05) is 30.2 Å². The number of pyridine rings is 1. The highest BCUT2D eigenvalue weighted by molar-refractivity contribution is 7.93. The first-order valence-corrected chi connectivity index (χ1v) is 13.2. The molecule has 4 rings (SSSR count). The molecule has 0 saturated carbocycles. The number of halogens is 1. The summed E-state index contributed by atoms with van der Waals surface area (Å²) in [7, 11) is -0.954. The molecule has 13 heteroatoms. The summed E-state index contributed by atoms with van der Waals surface area (Å²) in [5.41, 5.74) is 1.17. The van der Waals surface area contributed by atoms with Crippen LogP contribution in [0.2, 0.25) is 5.02 Å². The minimum atomic E-state index is -3.98. The van der Waals surface area contributed by atoms with E-state index < -0.39 is 21.2 Å². The summed E-state index contributed by atoms with van der Waals surface area (Å²) in [5.74, 6) is 1.10. The van der Waals surface area contributed by atoms with Gasteiger partial charge in [-0.1, -0.05) is 30.7 Å². The third kappa shape index (κ3) is 5.65. The fraction of sp³-hybridized carbons (Fsp3) is 0.292. The Bertz CT molecular complexity index is 1440. The van der Waals surface area contributed by atoms with Gasteiger partial charge in [-0.2, -0.15) is 0 Å². The Hall–Kier alpha value is -3.77. The fourth-order valence-corrected chi connectivity index (χ4v) is 5.03. The second-order valence-electron chi connectivity index (χ2n) is 8.18. The van der Waals surface area contributed by atoms with Crippen molar-refractivity contribution in [3.05, 3.63) is 77.4 Å². The lowest BCUT2D eigenvalue weighted by molar-refractivity contribution is 0.390. The fourth-order valence-electron chi connectivity index (χ4n) is 3.71. The molecule has 3 heterocycles. The smallest absolute Gasteiger partial charge is 0.243 e. The predicted octanol–water partition coefficient (Wildman–Crippen LogP) is 3.65. The maximum absolute atomic E-state index is 13.5. The number of sulfonamides is 1. The molecule has 1 aromatic carbocycles. The van der Waals surface area contributed by atoms with E-state index in [1.165, 1.54) is 26.6 Å². The van der Waals surface area contributed by atoms with Crippen LogP contribution in [-0.2, 0) is 16.4 Å². The number of methoxy groups -OCH3 is 2. The van der Waals surface area contributed by atoms with Crippen LogP contribution in [0.5, 0.6) is 11.5 Å². The molecule has 2 atom stereocenters. The molecule has 2 unspecified atom stereocenters. The maximum Gasteiger partial charge on any atom is 0.243 e. The van der Waals surface area contributed by atoms with Gasteiger partial charge in [0.15, 0.2) is 0 Å². The van der Waals surface area contributed by atoms with Crippen LogP contribution >= 0.6 is 11.6 Å². The van der Waals surface area contributed by atoms with Gasteiger partial charge in [-0.15, -0.1) is 10.2 Å². The lowest BCUT2D eigenvalue weighted by Crippen LogP contribution is -2.31. The summed E-state index contributed by atoms with van der Waals surface area (Å²) < 4.78 is 42.3. The summed E-state index contributed by atoms with van der Waals surface area (Å²) in [6.45, 7) is 3.30. The second kappa shape index (κ2) is 11.1. The van der Waals surface area contributed by atoms with Gasteiger partial charge in [0.1, 0.15) is 28.8 Å². The minimum absolute atomic E-state index is 0.0233. The molecule has 1 N–H and O–H groups in total. The average Bonchev–Trinajstić information content (AvgIpc) is 3.28. The molecule has 3 aromatic heterocycles. The summed E-state index contributed by atoms with van der Waals surface area (Å²) in [5, 5.41) is 7.92. The minimum Gasteiger partial charge on any atom is -0.494 e. The third-order valence-electron chi connectivity index (χ3n) is 5.90. The van der Waals surface area contributed by atoms with Crippen LogP contribution in [0.4, 0.5) is 5.95 Å². The van der Waals surface area contributed by atoms with Crippen LogP contribution in [0.3, 0.4) is 0 Å². The predicted molar refractivity (Wildman–Crippen MR) is 139 cm³/mol. The summed E-state index contributed by atoms with van der Waals surface area (Å²) >= 11 is 5.88. The number of hydrogen-bond donors (Lipinski definition) is 1. The van der Waals surface area contributed by atoms with Crippen molar-refractivity contribution in [1.29, 1.82) is 0 Å². The molecule has 11 nitrogen and oxygen atoms in total. The molecule has 37 heavy (non-hydrogen) atoms. The van der Waals surface area contributed by atoms with Crippen LogP contribution in [0, 0.1) is 0 Å². The van der Waals surface area contributed by atoms with Crippen LogP contribution in [0.25, 0.3) is 5.69 Å². The van der Waals surface area contributed by atoms with Crippen LogP contribution in [0.15, 0.2) is 55.0 Å². The number of hydrogen-bond acceptors (Lipinski definition) is 9. The van der Waals surface area contributed by atoms with Crippen molar-refractivity contribution in [1.82, 2.24) is 29.7 Å². The van der Waals surface area contributed by atoms with Gasteiger partial charge in [0.2, 0.25) is 16.0 Å². The number of ether oxygens (including phenoxy) is 2. The van der Waals surface area contributed by atoms with Gasteiger partial charge in [-0.25, -0.2) is 18.4 Å². The largest absolute Gasteiger partial charge is 0.494 e. The zero-order valence-corrected chi connectivity index (χ0v) is 22.2. The monoisotopic (exact) mass is 543 g/mol. The van der Waals surface area contributed by atoms with E-state index in [9.17, 15) is 8.42 Å². The topological polar surface area (TPSA) is 134 Å². The van der Waals surface area contributed by atoms with Crippen molar-refractivity contribution in [2.45, 2.75) is 31.4 Å². The molecule has 0 bridgehead atoms. The van der Waals surface area contributed by atoms with E-state index >= 15 is 0 Å². The Morgan fingerprint density at radius 3 is 2.24 bits per heavy atom. The van der Waals surface area contributed by atoms with E-state index in [1.54, 1.807) is 42.8 Å². The number of nitrogens with one attached hydrogen (secondary N) is 1. The van der Waals surface area contributed by atoms with Gasteiger partial charge >= 0.3 is 0 Å². The van der Waals surface area contributed by atoms with Crippen molar-refractivity contribution in [2.75, 3.05) is 18.9 Å². The highest BCUT2D eigenvalue weighted by atomic mass is 35.5. The molecule has 0 spiro atoms. The van der Waals surface area contributed by atoms with E-state index in [4.69, 9.17) is 21.1 Å². The van der Waals surface area contributed by atoms with E-state index in [2.05, 4.69) is 29.9 Å². The first kappa shape index (κ1) is 26.3. The van der Waals surface area contributed by atoms with Gasteiger partial charge in [0.05, 0.1) is 30.9 Å². The van der Waals surface area contributed by atoms with Crippen LogP contribution in [0.1, 0.15) is 37.1 Å². The molecular formula is C24H26ClN7O4S. The SMILES string of the molecule is COc1cccc(OC)c1-n1c(Cc2ccccn2)nnc1NS(=O)(=O)C(C)C(C)c1ncc(Cl)cn1. The Labute approximate surface area is 219 Å². The van der Waals surface area contributed by atoms with E-state index in [0.717, 1.165) is 5.69 Å². The van der Waals surface area contributed by atoms with Crippen molar-refractivity contribution in [3.8, 4) is 17.2 Å². The van der Waals surface area contributed by atoms with Crippen molar-refractivity contribution in [3.63, 3.8) is 0 Å². The Kier molecular flexibility index (Phi) is 7.89. The Morgan fingerprint density at radius 2 is 1.65 bits per heavy atom. The standard InChI is InChI=1S/C24H26ClN7O4S/c1-15(23-27-13-17(25)14-28-23)16(2)37(33,34)31-24-30-29-21(12-18-8-5-6-11-26-18)32(24)22-19(35-3)9-7-10-20(22)36-4/h5-11,13-16H,12H2,1-4H3,(H,30,31). The molecule has 194 valence electrons. The van der Waals surface area contributed by atoms with Gasteiger partial charge < -0.3 is 9.47 Å². The molecule has 0 aliphatic rings. The number of anilines is 1. The lowest BCUT2D eigenvalue weighted by Gasteiger charge is -2.21. The highest BCUT2D eigenvalue weighted by Gasteiger charge is 2.32. The molecule has 4 aromatic rings. The van der Waals surface area contributed by atoms with Crippen molar-refractivity contribution < 1.29 is 17.9 Å². The zero-order valence-electron chi connectivity index (χ0n) is 20.7. The first-order valence-electron chi connectivity index (χ1n) is 11.3. The second-order valence-corrected chi connectivity index (χ2v) is 10.7. The number of aromatic nitrogens is 6. The van der Waals surface area contributed by atoms with Gasteiger partial charge in [-0.3, -0.25) is 14.3 Å². The summed E-state index contributed by atoms with van der Waals surface area (Å²) in [6, 6.07) is 10.8. The maximum atomic E-state index is 13.5. The molecule has 0 aliphatic heterocycles. The Balaban J connectivity index is 1.77. The number of benzene rings is 1. The van der Waals surface area contributed by atoms with E-state index in [0.29, 0.717) is 33.9 Å². The van der Waals surface area contributed by atoms with Crippen molar-refractivity contribution >= 4 is 27.6 Å². The molecule has 0 aliphatic carbocycles. The molecule has 0 amide bonds. The quantitative estimate of drug-likeness (QED) is 0.318. The van der Waals surface area contributed by atoms with Gasteiger partial charge in [0.25, 0.3) is 0 Å². The van der Waals surface area contributed by atoms with Gasteiger partial charge in [-0.05, 0) is 31.2 Å². The summed E-state index contributed by atoms with van der Waals surface area (Å²) in [4.78, 5) is 12.7. The van der Waals surface area contributed by atoms with Crippen molar-refractivity contribution in [2.24, 2.45) is 0 Å². The van der Waals surface area contributed by atoms with Crippen LogP contribution in [-0.4, -0.2) is 57.6 Å². The summed E-state index contributed by atoms with van der Waals surface area (Å²) in [6.07, 6.45) is 4.82. The molecule has 0 saturated heterocycles. The average molecular weight is 544 g/mol. The van der Waals surface area contributed by atoms with E-state index in [1.807, 2.05) is 18.2 Å². The molecule has 0 radical (unpaired) electrons. The van der Waals surface area contributed by atoms with Crippen LogP contribution < -0.4 is 14.2 Å². The lowest BCUT2D eigenvalue weighted by atomic mass is 10.1. The molecular weight excluding hydrogens is 518 g/mol. The highest BCUT2D eigenvalue weighted by Crippen LogP contribution is 2.36. The molecule has 0 fully saturated rings. The normalized spacial score (nSPS) is 13.1. The first-order chi connectivity index (χ1) is 17.7. The number of para-hydroxylation sites is 1.